The van der Waals surface area contributed by atoms with Crippen molar-refractivity contribution in [2.24, 2.45) is 10.7 Å². The van der Waals surface area contributed by atoms with Crippen LogP contribution in [0.2, 0.25) is 0 Å². The van der Waals surface area contributed by atoms with Gasteiger partial charge in [0.1, 0.15) is 0 Å². The third-order valence-electron chi connectivity index (χ3n) is 2.65. The third-order valence-corrected chi connectivity index (χ3v) is 4.37. The number of ether oxygens (including phenoxy) is 1. The van der Waals surface area contributed by atoms with Gasteiger partial charge in [-0.15, -0.1) is 35.7 Å². The van der Waals surface area contributed by atoms with Gasteiger partial charge in [0.25, 0.3) is 0 Å². The molecule has 1 atom stereocenters. The monoisotopic (exact) mass is 501 g/mol. The van der Waals surface area contributed by atoms with Crippen molar-refractivity contribution in [1.29, 1.82) is 0 Å². The Morgan fingerprint density at radius 2 is 2.00 bits per heavy atom. The lowest BCUT2D eigenvalue weighted by atomic mass is 10.2. The largest absolute Gasteiger partial charge is 0.383 e. The SMILES string of the molecule is COCC(C)NC(N)=NCC(C)(C)Sc1ccc(Br)cc1.I. The Hall–Kier alpha value is 0.01000. The molecule has 0 spiro atoms. The summed E-state index contributed by atoms with van der Waals surface area (Å²) in [5.74, 6) is 0.462. The number of thioether (sulfide) groups is 1. The number of aliphatic imine (C=N–C) groups is 1. The van der Waals surface area contributed by atoms with Crippen molar-refractivity contribution in [3.05, 3.63) is 28.7 Å². The minimum Gasteiger partial charge on any atom is -0.383 e. The van der Waals surface area contributed by atoms with Crippen molar-refractivity contribution in [3.63, 3.8) is 0 Å². The maximum atomic E-state index is 5.89. The molecule has 1 rings (SSSR count). The van der Waals surface area contributed by atoms with Crippen LogP contribution in [0.15, 0.2) is 38.6 Å². The summed E-state index contributed by atoms with van der Waals surface area (Å²) in [5.41, 5.74) is 5.89. The van der Waals surface area contributed by atoms with Crippen molar-refractivity contribution < 1.29 is 4.74 Å². The van der Waals surface area contributed by atoms with E-state index < -0.39 is 0 Å². The van der Waals surface area contributed by atoms with Crippen molar-refractivity contribution in [1.82, 2.24) is 5.32 Å². The van der Waals surface area contributed by atoms with E-state index in [0.717, 1.165) is 4.47 Å². The van der Waals surface area contributed by atoms with Gasteiger partial charge in [-0.05, 0) is 45.0 Å². The number of benzene rings is 1. The lowest BCUT2D eigenvalue weighted by molar-refractivity contribution is 0.179. The number of hydrogen-bond donors (Lipinski definition) is 2. The number of nitrogens with one attached hydrogen (secondary N) is 1. The van der Waals surface area contributed by atoms with Crippen molar-refractivity contribution >= 4 is 57.6 Å². The van der Waals surface area contributed by atoms with Crippen LogP contribution in [-0.2, 0) is 4.74 Å². The van der Waals surface area contributed by atoms with Crippen LogP contribution in [0.5, 0.6) is 0 Å². The fourth-order valence-electron chi connectivity index (χ4n) is 1.72. The Bertz CT molecular complexity index is 468. The van der Waals surface area contributed by atoms with Crippen LogP contribution < -0.4 is 11.1 Å². The predicted molar refractivity (Wildman–Crippen MR) is 110 cm³/mol. The Kier molecular flexibility index (Phi) is 10.7. The summed E-state index contributed by atoms with van der Waals surface area (Å²) in [5, 5.41) is 3.11. The number of halogens is 2. The van der Waals surface area contributed by atoms with Crippen molar-refractivity contribution in [2.75, 3.05) is 20.3 Å². The summed E-state index contributed by atoms with van der Waals surface area (Å²) in [7, 11) is 1.67. The number of hydrogen-bond acceptors (Lipinski definition) is 3. The summed E-state index contributed by atoms with van der Waals surface area (Å²) in [6, 6.07) is 8.44. The van der Waals surface area contributed by atoms with Gasteiger partial charge < -0.3 is 15.8 Å². The van der Waals surface area contributed by atoms with E-state index in [1.165, 1.54) is 4.90 Å². The van der Waals surface area contributed by atoms with E-state index >= 15 is 0 Å². The second-order valence-corrected chi connectivity index (χ2v) is 8.21. The highest BCUT2D eigenvalue weighted by molar-refractivity contribution is 14.0. The predicted octanol–water partition coefficient (Wildman–Crippen LogP) is 3.88. The molecule has 0 radical (unpaired) electrons. The second kappa shape index (κ2) is 10.7. The zero-order valence-electron chi connectivity index (χ0n) is 13.4. The van der Waals surface area contributed by atoms with Crippen LogP contribution in [0.3, 0.4) is 0 Å². The Balaban J connectivity index is 0.00000441. The van der Waals surface area contributed by atoms with Gasteiger partial charge in [-0.25, -0.2) is 0 Å². The molecule has 0 saturated carbocycles. The molecule has 126 valence electrons. The number of nitrogens with two attached hydrogens (primary N) is 1. The molecule has 0 aromatic heterocycles. The molecule has 0 saturated heterocycles. The molecule has 0 heterocycles. The summed E-state index contributed by atoms with van der Waals surface area (Å²) in [6.45, 7) is 7.58. The highest BCUT2D eigenvalue weighted by Crippen LogP contribution is 2.33. The minimum absolute atomic E-state index is 0. The number of guanidine groups is 1. The highest BCUT2D eigenvalue weighted by Gasteiger charge is 2.19. The molecule has 0 bridgehead atoms. The Labute approximate surface area is 163 Å². The summed E-state index contributed by atoms with van der Waals surface area (Å²) in [4.78, 5) is 5.65. The van der Waals surface area contributed by atoms with Crippen molar-refractivity contribution in [2.45, 2.75) is 36.5 Å². The fourth-order valence-corrected chi connectivity index (χ4v) is 3.02. The van der Waals surface area contributed by atoms with Gasteiger partial charge in [-0.1, -0.05) is 15.9 Å². The van der Waals surface area contributed by atoms with E-state index in [9.17, 15) is 0 Å². The molecule has 3 N–H and O–H groups in total. The van der Waals surface area contributed by atoms with Gasteiger partial charge in [0.2, 0.25) is 0 Å². The molecule has 1 aromatic rings. The van der Waals surface area contributed by atoms with E-state index in [2.05, 4.69) is 52.2 Å². The average Bonchev–Trinajstić information content (AvgIpc) is 2.39. The van der Waals surface area contributed by atoms with E-state index in [-0.39, 0.29) is 34.8 Å². The smallest absolute Gasteiger partial charge is 0.188 e. The molecule has 0 amide bonds. The summed E-state index contributed by atoms with van der Waals surface area (Å²) in [6.07, 6.45) is 0. The molecule has 0 fully saturated rings. The van der Waals surface area contributed by atoms with Crippen LogP contribution in [0.25, 0.3) is 0 Å². The first-order valence-corrected chi connectivity index (χ1v) is 8.43. The van der Waals surface area contributed by atoms with Gasteiger partial charge in [0, 0.05) is 27.3 Å². The molecule has 7 heteroatoms. The summed E-state index contributed by atoms with van der Waals surface area (Å²) >= 11 is 5.23. The van der Waals surface area contributed by atoms with Crippen LogP contribution >= 0.6 is 51.7 Å². The molecular weight excluding hydrogens is 477 g/mol. The molecular formula is C15H25BrIN3OS. The number of nitrogens with zero attached hydrogens (tertiary/aromatic N) is 1. The topological polar surface area (TPSA) is 59.6 Å². The lowest BCUT2D eigenvalue weighted by Crippen LogP contribution is -2.41. The van der Waals surface area contributed by atoms with E-state index in [4.69, 9.17) is 10.5 Å². The standard InChI is InChI=1S/C15H24BrN3OS.HI/c1-11(9-20-4)19-14(17)18-10-15(2,3)21-13-7-5-12(16)6-8-13;/h5-8,11H,9-10H2,1-4H3,(H3,17,18,19);1H. The molecule has 22 heavy (non-hydrogen) atoms. The first kappa shape index (κ1) is 22.0. The number of rotatable bonds is 7. The highest BCUT2D eigenvalue weighted by atomic mass is 127. The molecule has 1 aromatic carbocycles. The molecule has 0 aliphatic heterocycles. The van der Waals surface area contributed by atoms with Gasteiger partial charge in [-0.3, -0.25) is 4.99 Å². The van der Waals surface area contributed by atoms with Crippen LogP contribution in [-0.4, -0.2) is 37.0 Å². The molecule has 4 nitrogen and oxygen atoms in total. The van der Waals surface area contributed by atoms with E-state index in [0.29, 0.717) is 19.1 Å². The zero-order chi connectivity index (χ0) is 15.9. The molecule has 0 aliphatic rings. The van der Waals surface area contributed by atoms with Gasteiger partial charge in [-0.2, -0.15) is 0 Å². The third kappa shape index (κ3) is 9.22. The van der Waals surface area contributed by atoms with Crippen LogP contribution in [0.1, 0.15) is 20.8 Å². The Morgan fingerprint density at radius 1 is 1.41 bits per heavy atom. The molecule has 0 aliphatic carbocycles. The van der Waals surface area contributed by atoms with Crippen molar-refractivity contribution in [3.8, 4) is 0 Å². The Morgan fingerprint density at radius 3 is 2.55 bits per heavy atom. The first-order chi connectivity index (χ1) is 9.82. The van der Waals surface area contributed by atoms with Gasteiger partial charge >= 0.3 is 0 Å². The van der Waals surface area contributed by atoms with E-state index in [1.807, 2.05) is 19.1 Å². The van der Waals surface area contributed by atoms with Crippen LogP contribution in [0, 0.1) is 0 Å². The maximum Gasteiger partial charge on any atom is 0.188 e. The molecule has 1 unspecified atom stereocenters. The summed E-state index contributed by atoms with van der Waals surface area (Å²) < 4.78 is 6.12. The first-order valence-electron chi connectivity index (χ1n) is 6.82. The minimum atomic E-state index is -0.0232. The van der Waals surface area contributed by atoms with Gasteiger partial charge in [0.05, 0.1) is 13.2 Å². The van der Waals surface area contributed by atoms with E-state index in [1.54, 1.807) is 18.9 Å². The quantitative estimate of drug-likeness (QED) is 0.257. The number of methoxy groups -OCH3 is 1. The fraction of sp³-hybridized carbons (Fsp3) is 0.533. The zero-order valence-corrected chi connectivity index (χ0v) is 18.2. The van der Waals surface area contributed by atoms with Gasteiger partial charge in [0.15, 0.2) is 5.96 Å². The van der Waals surface area contributed by atoms with Crippen LogP contribution in [0.4, 0.5) is 0 Å². The maximum absolute atomic E-state index is 5.89. The lowest BCUT2D eigenvalue weighted by Gasteiger charge is -2.22. The normalized spacial score (nSPS) is 13.4. The average molecular weight is 502 g/mol. The second-order valence-electron chi connectivity index (χ2n) is 5.52.